The summed E-state index contributed by atoms with van der Waals surface area (Å²) < 4.78 is 47.5. The molecule has 0 fully saturated rings. The van der Waals surface area contributed by atoms with Crippen LogP contribution in [0.1, 0.15) is 18.5 Å². The first kappa shape index (κ1) is 19.3. The van der Waals surface area contributed by atoms with Crippen molar-refractivity contribution < 1.29 is 22.6 Å². The molecule has 0 aliphatic carbocycles. The molecule has 3 rings (SSSR count). The van der Waals surface area contributed by atoms with Gasteiger partial charge in [-0.15, -0.1) is 0 Å². The molecule has 0 aliphatic heterocycles. The van der Waals surface area contributed by atoms with Gasteiger partial charge in [-0.3, -0.25) is 4.98 Å². The molecule has 0 bridgehead atoms. The van der Waals surface area contributed by atoms with Crippen molar-refractivity contribution in [1.82, 2.24) is 15.0 Å². The van der Waals surface area contributed by atoms with Crippen LogP contribution in [0, 0.1) is 0 Å². The Labute approximate surface area is 158 Å². The molecule has 0 saturated carbocycles. The largest absolute Gasteiger partial charge is 0.491 e. The zero-order valence-corrected chi connectivity index (χ0v) is 15.4. The second kappa shape index (κ2) is 8.51. The van der Waals surface area contributed by atoms with Crippen LogP contribution in [-0.4, -0.2) is 34.8 Å². The summed E-state index contributed by atoms with van der Waals surface area (Å²) in [5.74, 6) is 1.28. The van der Waals surface area contributed by atoms with Gasteiger partial charge < -0.3 is 14.5 Å². The Morgan fingerprint density at radius 1 is 1.19 bits per heavy atom. The van der Waals surface area contributed by atoms with Crippen LogP contribution in [0.25, 0.3) is 11.0 Å². The van der Waals surface area contributed by atoms with Gasteiger partial charge in [-0.2, -0.15) is 13.2 Å². The van der Waals surface area contributed by atoms with E-state index in [9.17, 15) is 13.2 Å². The number of benzene rings is 1. The first-order valence-corrected chi connectivity index (χ1v) is 9.24. The quantitative estimate of drug-likeness (QED) is 0.429. The smallest absolute Gasteiger partial charge is 0.389 e. The molecule has 0 saturated heterocycles. The van der Waals surface area contributed by atoms with Crippen molar-refractivity contribution in [2.75, 3.05) is 13.7 Å². The van der Waals surface area contributed by atoms with Gasteiger partial charge >= 0.3 is 6.18 Å². The van der Waals surface area contributed by atoms with Gasteiger partial charge in [0, 0.05) is 24.4 Å². The number of hydrogen-bond donors (Lipinski definition) is 1. The molecule has 0 unspecified atom stereocenters. The zero-order chi connectivity index (χ0) is 19.3. The van der Waals surface area contributed by atoms with E-state index in [1.807, 2.05) is 24.3 Å². The number of alkyl halides is 3. The number of nitrogens with one attached hydrogen (secondary N) is 1. The molecule has 0 radical (unpaired) electrons. The van der Waals surface area contributed by atoms with E-state index in [-0.39, 0.29) is 13.0 Å². The summed E-state index contributed by atoms with van der Waals surface area (Å²) in [5, 5.41) is 0.747. The van der Waals surface area contributed by atoms with Crippen molar-refractivity contribution in [2.24, 2.45) is 0 Å². The normalized spacial score (nSPS) is 11.7. The highest BCUT2D eigenvalue weighted by Gasteiger charge is 2.26. The molecule has 0 amide bonds. The van der Waals surface area contributed by atoms with Gasteiger partial charge in [0.05, 0.1) is 30.4 Å². The summed E-state index contributed by atoms with van der Waals surface area (Å²) in [7, 11) is 1.48. The Morgan fingerprint density at radius 3 is 2.74 bits per heavy atom. The molecule has 9 heteroatoms. The summed E-state index contributed by atoms with van der Waals surface area (Å²) in [5.41, 5.74) is 2.46. The van der Waals surface area contributed by atoms with Gasteiger partial charge in [0.1, 0.15) is 0 Å². The molecule has 5 nitrogen and oxygen atoms in total. The summed E-state index contributed by atoms with van der Waals surface area (Å²) >= 11 is 1.46. The minimum atomic E-state index is -4.18. The standard InChI is InChI=1S/C18H18F3N3O2S/c1-25-16-14(11-27-17-23-12-5-2-3-6-13(12)24-17)22-9-7-15(16)26-10-4-8-18(19,20)21/h2-3,5-7,9H,4,8,10-11H2,1H3,(H,23,24). The third-order valence-corrected chi connectivity index (χ3v) is 4.61. The maximum atomic E-state index is 12.2. The number of H-pyrrole nitrogens is 1. The van der Waals surface area contributed by atoms with E-state index in [1.165, 1.54) is 18.9 Å². The van der Waals surface area contributed by atoms with E-state index in [2.05, 4.69) is 15.0 Å². The number of rotatable bonds is 8. The highest BCUT2D eigenvalue weighted by Crippen LogP contribution is 2.33. The molecule has 0 atom stereocenters. The number of nitrogens with zero attached hydrogens (tertiary/aromatic N) is 2. The predicted molar refractivity (Wildman–Crippen MR) is 97.2 cm³/mol. The van der Waals surface area contributed by atoms with Gasteiger partial charge in [0.25, 0.3) is 0 Å². The van der Waals surface area contributed by atoms with Crippen LogP contribution < -0.4 is 9.47 Å². The van der Waals surface area contributed by atoms with E-state index in [0.29, 0.717) is 22.9 Å². The number of imidazole rings is 1. The molecule has 0 spiro atoms. The maximum Gasteiger partial charge on any atom is 0.389 e. The maximum absolute atomic E-state index is 12.2. The average Bonchev–Trinajstić information content (AvgIpc) is 3.05. The van der Waals surface area contributed by atoms with Crippen molar-refractivity contribution in [3.05, 3.63) is 42.2 Å². The van der Waals surface area contributed by atoms with Crippen molar-refractivity contribution >= 4 is 22.8 Å². The zero-order valence-electron chi connectivity index (χ0n) is 14.5. The van der Waals surface area contributed by atoms with Crippen molar-refractivity contribution in [3.63, 3.8) is 0 Å². The molecule has 1 N–H and O–H groups in total. The fourth-order valence-corrected chi connectivity index (χ4v) is 3.32. The number of methoxy groups -OCH3 is 1. The van der Waals surface area contributed by atoms with Crippen molar-refractivity contribution in [2.45, 2.75) is 29.9 Å². The van der Waals surface area contributed by atoms with E-state index >= 15 is 0 Å². The molecule has 2 aromatic heterocycles. The third-order valence-electron chi connectivity index (χ3n) is 3.72. The fraction of sp³-hybridized carbons (Fsp3) is 0.333. The summed E-state index contributed by atoms with van der Waals surface area (Å²) in [6.07, 6.45) is -3.62. The lowest BCUT2D eigenvalue weighted by Crippen LogP contribution is -2.10. The number of aromatic nitrogens is 3. The number of hydrogen-bond acceptors (Lipinski definition) is 5. The van der Waals surface area contributed by atoms with Crippen LogP contribution in [0.5, 0.6) is 11.5 Å². The Balaban J connectivity index is 1.64. The highest BCUT2D eigenvalue weighted by molar-refractivity contribution is 7.98. The lowest BCUT2D eigenvalue weighted by atomic mass is 10.3. The monoisotopic (exact) mass is 397 g/mol. The number of halogens is 3. The Morgan fingerprint density at radius 2 is 2.00 bits per heavy atom. The SMILES string of the molecule is COc1c(OCCCC(F)(F)F)ccnc1CSc1nc2ccccc2[nH]1. The van der Waals surface area contributed by atoms with Gasteiger partial charge in [-0.1, -0.05) is 23.9 Å². The number of thioether (sulfide) groups is 1. The number of pyridine rings is 1. The lowest BCUT2D eigenvalue weighted by Gasteiger charge is -2.13. The number of fused-ring (bicyclic) bond motifs is 1. The predicted octanol–water partition coefficient (Wildman–Crippen LogP) is 4.98. The van der Waals surface area contributed by atoms with Gasteiger partial charge in [0.15, 0.2) is 16.7 Å². The number of aromatic amines is 1. The summed E-state index contributed by atoms with van der Waals surface area (Å²) in [6, 6.07) is 9.30. The lowest BCUT2D eigenvalue weighted by molar-refractivity contribution is -0.136. The Kier molecular flexibility index (Phi) is 6.10. The van der Waals surface area contributed by atoms with E-state index in [1.54, 1.807) is 12.3 Å². The van der Waals surface area contributed by atoms with Gasteiger partial charge in [0.2, 0.25) is 0 Å². The summed E-state index contributed by atoms with van der Waals surface area (Å²) in [4.78, 5) is 12.0. The van der Waals surface area contributed by atoms with Gasteiger partial charge in [-0.25, -0.2) is 4.98 Å². The van der Waals surface area contributed by atoms with Crippen molar-refractivity contribution in [3.8, 4) is 11.5 Å². The van der Waals surface area contributed by atoms with Crippen LogP contribution in [0.3, 0.4) is 0 Å². The van der Waals surface area contributed by atoms with E-state index in [0.717, 1.165) is 16.2 Å². The minimum Gasteiger partial charge on any atom is -0.491 e. The van der Waals surface area contributed by atoms with Crippen LogP contribution in [0.2, 0.25) is 0 Å². The van der Waals surface area contributed by atoms with Crippen molar-refractivity contribution in [1.29, 1.82) is 0 Å². The minimum absolute atomic E-state index is 0.0456. The number of para-hydroxylation sites is 2. The van der Waals surface area contributed by atoms with E-state index < -0.39 is 12.6 Å². The van der Waals surface area contributed by atoms with Gasteiger partial charge in [-0.05, 0) is 18.6 Å². The van der Waals surface area contributed by atoms with Crippen LogP contribution in [0.15, 0.2) is 41.7 Å². The van der Waals surface area contributed by atoms with Crippen LogP contribution >= 0.6 is 11.8 Å². The number of ether oxygens (including phenoxy) is 2. The molecule has 0 aliphatic rings. The molecule has 144 valence electrons. The molecule has 3 aromatic rings. The van der Waals surface area contributed by atoms with Crippen LogP contribution in [0.4, 0.5) is 13.2 Å². The highest BCUT2D eigenvalue weighted by atomic mass is 32.2. The molecular weight excluding hydrogens is 379 g/mol. The first-order chi connectivity index (χ1) is 13.0. The summed E-state index contributed by atoms with van der Waals surface area (Å²) in [6.45, 7) is -0.0456. The first-order valence-electron chi connectivity index (χ1n) is 8.25. The Bertz CT molecular complexity index is 866. The molecule has 1 aromatic carbocycles. The van der Waals surface area contributed by atoms with Crippen LogP contribution in [-0.2, 0) is 5.75 Å². The second-order valence-electron chi connectivity index (χ2n) is 5.70. The topological polar surface area (TPSA) is 60.0 Å². The molecular formula is C18H18F3N3O2S. The fourth-order valence-electron chi connectivity index (χ4n) is 2.50. The molecule has 2 heterocycles. The third kappa shape index (κ3) is 5.29. The molecule has 27 heavy (non-hydrogen) atoms. The second-order valence-corrected chi connectivity index (χ2v) is 6.67. The van der Waals surface area contributed by atoms with E-state index in [4.69, 9.17) is 9.47 Å². The average molecular weight is 397 g/mol. The Hall–Kier alpha value is -2.42.